The Morgan fingerprint density at radius 3 is 2.09 bits per heavy atom. The maximum atomic E-state index is 14.3. The second-order valence-corrected chi connectivity index (χ2v) is 12.5. The Morgan fingerprint density at radius 2 is 1.49 bits per heavy atom. The van der Waals surface area contributed by atoms with Crippen LogP contribution in [-0.4, -0.2) is 65.1 Å². The van der Waals surface area contributed by atoms with Gasteiger partial charge in [-0.2, -0.15) is 0 Å². The van der Waals surface area contributed by atoms with Crippen molar-refractivity contribution in [2.75, 3.05) is 32.2 Å². The van der Waals surface area contributed by atoms with Gasteiger partial charge >= 0.3 is 0 Å². The summed E-state index contributed by atoms with van der Waals surface area (Å²) in [6.07, 6.45) is 0. The Morgan fingerprint density at radius 1 is 0.860 bits per heavy atom. The summed E-state index contributed by atoms with van der Waals surface area (Å²) in [5.74, 6) is -0.431. The predicted octanol–water partition coefficient (Wildman–Crippen LogP) is 5.16. The minimum absolute atomic E-state index is 0.0233. The highest BCUT2D eigenvalue weighted by molar-refractivity contribution is 7.92. The van der Waals surface area contributed by atoms with Crippen molar-refractivity contribution in [1.29, 1.82) is 0 Å². The summed E-state index contributed by atoms with van der Waals surface area (Å²) in [5, 5.41) is 3.42. The fourth-order valence-electron chi connectivity index (χ4n) is 4.27. The van der Waals surface area contributed by atoms with Crippen LogP contribution in [-0.2, 0) is 26.2 Å². The van der Waals surface area contributed by atoms with Crippen LogP contribution < -0.4 is 23.8 Å². The van der Waals surface area contributed by atoms with Crippen LogP contribution >= 0.6 is 23.2 Å². The highest BCUT2D eigenvalue weighted by Crippen LogP contribution is 2.37. The first kappa shape index (κ1) is 33.8. The molecule has 0 radical (unpaired) electrons. The monoisotopic (exact) mass is 651 g/mol. The average molecular weight is 653 g/mol. The first-order valence-electron chi connectivity index (χ1n) is 13.3. The number of ether oxygens (including phenoxy) is 3. The lowest BCUT2D eigenvalue weighted by Crippen LogP contribution is -2.52. The van der Waals surface area contributed by atoms with Gasteiger partial charge in [-0.05, 0) is 62.7 Å². The van der Waals surface area contributed by atoms with Gasteiger partial charge in [0.1, 0.15) is 18.3 Å². The summed E-state index contributed by atoms with van der Waals surface area (Å²) in [6, 6.07) is 14.2. The SMILES string of the molecule is COc1ccc(S(=O)(=O)N(CC(=O)N(Cc2ccccc2Cl)[C@@H](C)C(=O)NC(C)C)c2cc(Cl)ccc2OC)cc1OC. The van der Waals surface area contributed by atoms with Crippen LogP contribution in [0.1, 0.15) is 26.3 Å². The quantitative estimate of drug-likeness (QED) is 0.272. The molecule has 0 saturated heterocycles. The molecule has 43 heavy (non-hydrogen) atoms. The summed E-state index contributed by atoms with van der Waals surface area (Å²) >= 11 is 12.7. The minimum Gasteiger partial charge on any atom is -0.495 e. The Balaban J connectivity index is 2.16. The molecular formula is C30H35Cl2N3O7S. The highest BCUT2D eigenvalue weighted by atomic mass is 35.5. The van der Waals surface area contributed by atoms with Crippen LogP contribution in [0.3, 0.4) is 0 Å². The van der Waals surface area contributed by atoms with Crippen molar-refractivity contribution in [3.8, 4) is 17.2 Å². The third-order valence-corrected chi connectivity index (χ3v) is 8.89. The Kier molecular flexibility index (Phi) is 11.5. The van der Waals surface area contributed by atoms with Crippen molar-refractivity contribution in [2.45, 2.75) is 44.3 Å². The number of carbonyl (C=O) groups is 2. The van der Waals surface area contributed by atoms with Gasteiger partial charge in [-0.25, -0.2) is 8.42 Å². The molecule has 0 unspecified atom stereocenters. The zero-order valence-corrected chi connectivity index (χ0v) is 27.1. The number of benzene rings is 3. The topological polar surface area (TPSA) is 114 Å². The molecule has 232 valence electrons. The number of anilines is 1. The summed E-state index contributed by atoms with van der Waals surface area (Å²) in [6.45, 7) is 4.42. The van der Waals surface area contributed by atoms with E-state index in [2.05, 4.69) is 5.32 Å². The second kappa shape index (κ2) is 14.7. The molecule has 0 aliphatic heterocycles. The normalized spacial score (nSPS) is 11.9. The van der Waals surface area contributed by atoms with Gasteiger partial charge in [0.15, 0.2) is 11.5 Å². The van der Waals surface area contributed by atoms with Crippen LogP contribution in [0, 0.1) is 0 Å². The minimum atomic E-state index is -4.45. The number of hydrogen-bond donors (Lipinski definition) is 1. The lowest BCUT2D eigenvalue weighted by atomic mass is 10.1. The summed E-state index contributed by atoms with van der Waals surface area (Å²) in [4.78, 5) is 28.3. The van der Waals surface area contributed by atoms with E-state index < -0.39 is 34.4 Å². The molecule has 0 spiro atoms. The molecule has 1 atom stereocenters. The Bertz CT molecular complexity index is 1570. The average Bonchev–Trinajstić information content (AvgIpc) is 2.98. The largest absolute Gasteiger partial charge is 0.495 e. The molecule has 0 heterocycles. The number of halogens is 2. The van der Waals surface area contributed by atoms with E-state index in [9.17, 15) is 18.0 Å². The number of nitrogens with one attached hydrogen (secondary N) is 1. The third-order valence-electron chi connectivity index (χ3n) is 6.53. The van der Waals surface area contributed by atoms with Gasteiger partial charge in [-0.1, -0.05) is 41.4 Å². The van der Waals surface area contributed by atoms with E-state index in [4.69, 9.17) is 37.4 Å². The van der Waals surface area contributed by atoms with Gasteiger partial charge in [0.2, 0.25) is 11.8 Å². The molecule has 0 aromatic heterocycles. The first-order chi connectivity index (χ1) is 20.3. The number of sulfonamides is 1. The van der Waals surface area contributed by atoms with Crippen molar-refractivity contribution in [3.63, 3.8) is 0 Å². The Labute approximate surface area is 262 Å². The number of amides is 2. The number of methoxy groups -OCH3 is 3. The number of hydrogen-bond acceptors (Lipinski definition) is 7. The molecule has 3 rings (SSSR count). The molecule has 10 nitrogen and oxygen atoms in total. The molecule has 0 aliphatic rings. The zero-order valence-electron chi connectivity index (χ0n) is 24.8. The van der Waals surface area contributed by atoms with E-state index in [1.165, 1.54) is 62.6 Å². The fourth-order valence-corrected chi connectivity index (χ4v) is 6.07. The van der Waals surface area contributed by atoms with Gasteiger partial charge in [0, 0.05) is 28.7 Å². The maximum absolute atomic E-state index is 14.3. The number of nitrogens with zero attached hydrogens (tertiary/aromatic N) is 2. The number of rotatable bonds is 13. The van der Waals surface area contributed by atoms with Crippen molar-refractivity contribution >= 4 is 50.7 Å². The lowest BCUT2D eigenvalue weighted by Gasteiger charge is -2.33. The molecule has 0 bridgehead atoms. The van der Waals surface area contributed by atoms with E-state index in [1.54, 1.807) is 45.0 Å². The lowest BCUT2D eigenvalue weighted by molar-refractivity contribution is -0.139. The summed E-state index contributed by atoms with van der Waals surface area (Å²) in [7, 11) is -0.268. The van der Waals surface area contributed by atoms with Crippen LogP contribution in [0.5, 0.6) is 17.2 Å². The summed E-state index contributed by atoms with van der Waals surface area (Å²) in [5.41, 5.74) is 0.603. The number of carbonyl (C=O) groups excluding carboxylic acids is 2. The molecule has 0 fully saturated rings. The molecule has 3 aromatic carbocycles. The van der Waals surface area contributed by atoms with Gasteiger partial charge in [-0.3, -0.25) is 13.9 Å². The van der Waals surface area contributed by atoms with Gasteiger partial charge in [-0.15, -0.1) is 0 Å². The van der Waals surface area contributed by atoms with E-state index in [0.29, 0.717) is 16.3 Å². The second-order valence-electron chi connectivity index (χ2n) is 9.80. The van der Waals surface area contributed by atoms with E-state index in [-0.39, 0.29) is 39.7 Å². The molecule has 3 aromatic rings. The molecule has 1 N–H and O–H groups in total. The zero-order chi connectivity index (χ0) is 31.9. The van der Waals surface area contributed by atoms with E-state index in [1.807, 2.05) is 0 Å². The van der Waals surface area contributed by atoms with Crippen LogP contribution in [0.15, 0.2) is 65.6 Å². The predicted molar refractivity (Wildman–Crippen MR) is 167 cm³/mol. The molecule has 0 aliphatic carbocycles. The third kappa shape index (κ3) is 8.04. The molecule has 0 saturated carbocycles. The molecule has 2 amide bonds. The van der Waals surface area contributed by atoms with Gasteiger partial charge < -0.3 is 24.4 Å². The Hall–Kier alpha value is -3.67. The maximum Gasteiger partial charge on any atom is 0.265 e. The first-order valence-corrected chi connectivity index (χ1v) is 15.4. The van der Waals surface area contributed by atoms with Crippen molar-refractivity contribution in [3.05, 3.63) is 76.3 Å². The molecular weight excluding hydrogens is 617 g/mol. The van der Waals surface area contributed by atoms with Gasteiger partial charge in [0.25, 0.3) is 10.0 Å². The van der Waals surface area contributed by atoms with Gasteiger partial charge in [0.05, 0.1) is 31.9 Å². The van der Waals surface area contributed by atoms with Crippen LogP contribution in [0.4, 0.5) is 5.69 Å². The van der Waals surface area contributed by atoms with Crippen molar-refractivity contribution < 1.29 is 32.2 Å². The van der Waals surface area contributed by atoms with Crippen molar-refractivity contribution in [2.24, 2.45) is 0 Å². The van der Waals surface area contributed by atoms with E-state index >= 15 is 0 Å². The van der Waals surface area contributed by atoms with Crippen LogP contribution in [0.25, 0.3) is 0 Å². The van der Waals surface area contributed by atoms with Crippen molar-refractivity contribution in [1.82, 2.24) is 10.2 Å². The molecule has 13 heteroatoms. The van der Waals surface area contributed by atoms with Crippen LogP contribution in [0.2, 0.25) is 10.0 Å². The standard InChI is InChI=1S/C30H35Cl2N3O7S/c1-19(2)33-30(37)20(3)34(17-21-9-7-8-10-24(21)32)29(36)18-35(25-15-22(31)11-13-26(25)40-4)43(38,39)23-12-14-27(41-5)28(16-23)42-6/h7-16,19-20H,17-18H2,1-6H3,(H,33,37)/t20-/m0/s1. The summed E-state index contributed by atoms with van der Waals surface area (Å²) < 4.78 is 45.5. The fraction of sp³-hybridized carbons (Fsp3) is 0.333. The smallest absolute Gasteiger partial charge is 0.265 e. The highest BCUT2D eigenvalue weighted by Gasteiger charge is 2.34. The van der Waals surface area contributed by atoms with E-state index in [0.717, 1.165) is 4.31 Å².